The number of carbonyl (C=O) groups is 2. The van der Waals surface area contributed by atoms with Crippen molar-refractivity contribution in [3.63, 3.8) is 0 Å². The maximum Gasteiger partial charge on any atom is 0.329 e. The van der Waals surface area contributed by atoms with Crippen molar-refractivity contribution in [1.29, 1.82) is 0 Å². The quantitative estimate of drug-likeness (QED) is 0.0688. The van der Waals surface area contributed by atoms with Crippen LogP contribution in [0.25, 0.3) is 0 Å². The van der Waals surface area contributed by atoms with Crippen molar-refractivity contribution in [3.8, 4) is 0 Å². The Kier molecular flexibility index (Phi) is 32.9. The zero-order chi connectivity index (χ0) is 36.3. The Morgan fingerprint density at radius 1 is 0.469 bits per heavy atom. The summed E-state index contributed by atoms with van der Waals surface area (Å²) in [6.07, 6.45) is 0. The van der Waals surface area contributed by atoms with E-state index in [1.165, 1.54) is 0 Å². The molecular weight excluding hydrogens is 666 g/mol. The molecule has 0 saturated carbocycles. The van der Waals surface area contributed by atoms with Gasteiger partial charge in [-0.3, -0.25) is 4.79 Å². The number of aliphatic carboxylic acids is 1. The number of nitrogens with one attached hydrogen (secondary N) is 1. The van der Waals surface area contributed by atoms with Crippen molar-refractivity contribution in [2.24, 2.45) is 0 Å². The lowest BCUT2D eigenvalue weighted by Gasteiger charge is -2.36. The van der Waals surface area contributed by atoms with Gasteiger partial charge in [-0.25, -0.2) is 4.79 Å². The highest BCUT2D eigenvalue weighted by atomic mass is 28.4. The lowest BCUT2D eigenvalue weighted by atomic mass is 10.2. The van der Waals surface area contributed by atoms with Crippen LogP contribution in [0, 0.1) is 0 Å². The molecule has 0 heterocycles. The Balaban J connectivity index is 3.16. The zero-order valence-corrected chi connectivity index (χ0v) is 31.6. The average Bonchev–Trinajstić information content (AvgIpc) is 3.04. The molecule has 49 heavy (non-hydrogen) atoms. The second-order valence-corrected chi connectivity index (χ2v) is 16.8. The predicted octanol–water partition coefficient (Wildman–Crippen LogP) is 1.39. The van der Waals surface area contributed by atoms with Crippen molar-refractivity contribution in [2.45, 2.75) is 38.9 Å². The third-order valence-electron chi connectivity index (χ3n) is 6.87. The summed E-state index contributed by atoms with van der Waals surface area (Å²) in [5.74, 6) is -1.52. The van der Waals surface area contributed by atoms with Gasteiger partial charge >= 0.3 is 5.97 Å². The van der Waals surface area contributed by atoms with Gasteiger partial charge in [0, 0.05) is 6.54 Å². The molecule has 0 radical (unpaired) electrons. The van der Waals surface area contributed by atoms with Gasteiger partial charge in [-0.1, -0.05) is 20.8 Å². The third kappa shape index (κ3) is 34.9. The second kappa shape index (κ2) is 33.8. The van der Waals surface area contributed by atoms with Crippen LogP contribution in [0.3, 0.4) is 0 Å². The molecular formula is C32H65NO15Si. The van der Waals surface area contributed by atoms with Crippen molar-refractivity contribution in [3.05, 3.63) is 0 Å². The number of carboxylic acid groups (broad SMARTS) is 1. The molecule has 0 unspecified atom stereocenters. The Hall–Kier alpha value is -1.32. The standard InChI is InChI=1S/C32H65NO15Si/c1-32(2,3)49(4,5)48-27-26-46-25-24-45-23-22-44-21-20-43-19-18-42-17-16-41-15-14-40-13-12-39-11-10-38-9-8-37-7-6-33-30(34)28-47-29-31(35)36/h6-29H2,1-5H3,(H,33,34)(H,35,36). The first-order valence-corrected chi connectivity index (χ1v) is 19.9. The molecule has 1 amide bonds. The fourth-order valence-electron chi connectivity index (χ4n) is 3.20. The van der Waals surface area contributed by atoms with Gasteiger partial charge in [-0.05, 0) is 18.1 Å². The van der Waals surface area contributed by atoms with Crippen LogP contribution in [-0.4, -0.2) is 184 Å². The molecule has 17 heteroatoms. The zero-order valence-electron chi connectivity index (χ0n) is 30.6. The summed E-state index contributed by atoms with van der Waals surface area (Å²) < 4.78 is 65.4. The van der Waals surface area contributed by atoms with Crippen LogP contribution < -0.4 is 5.32 Å². The third-order valence-corrected chi connectivity index (χ3v) is 11.4. The number of rotatable bonds is 38. The summed E-state index contributed by atoms with van der Waals surface area (Å²) >= 11 is 0. The summed E-state index contributed by atoms with van der Waals surface area (Å²) in [5, 5.41) is 11.2. The van der Waals surface area contributed by atoms with Gasteiger partial charge < -0.3 is 67.0 Å². The van der Waals surface area contributed by atoms with E-state index in [0.29, 0.717) is 145 Å². The average molecular weight is 732 g/mol. The van der Waals surface area contributed by atoms with Gasteiger partial charge in [0.25, 0.3) is 0 Å². The van der Waals surface area contributed by atoms with Crippen molar-refractivity contribution < 1.29 is 71.2 Å². The van der Waals surface area contributed by atoms with Crippen LogP contribution in [0.2, 0.25) is 18.1 Å². The minimum atomic E-state index is -1.71. The lowest BCUT2D eigenvalue weighted by molar-refractivity contribution is -0.143. The molecule has 0 aliphatic carbocycles. The van der Waals surface area contributed by atoms with Crippen LogP contribution in [0.1, 0.15) is 20.8 Å². The molecule has 0 aliphatic rings. The fraction of sp³-hybridized carbons (Fsp3) is 0.938. The molecule has 0 fully saturated rings. The largest absolute Gasteiger partial charge is 0.480 e. The lowest BCUT2D eigenvalue weighted by Crippen LogP contribution is -2.41. The van der Waals surface area contributed by atoms with Gasteiger partial charge in [-0.15, -0.1) is 0 Å². The van der Waals surface area contributed by atoms with Crippen LogP contribution in [0.5, 0.6) is 0 Å². The highest BCUT2D eigenvalue weighted by Crippen LogP contribution is 2.36. The van der Waals surface area contributed by atoms with Crippen LogP contribution in [0.4, 0.5) is 0 Å². The molecule has 0 aromatic rings. The highest BCUT2D eigenvalue weighted by molar-refractivity contribution is 6.74. The summed E-state index contributed by atoms with van der Waals surface area (Å²) in [7, 11) is -1.71. The van der Waals surface area contributed by atoms with E-state index < -0.39 is 26.8 Å². The Morgan fingerprint density at radius 2 is 0.755 bits per heavy atom. The van der Waals surface area contributed by atoms with E-state index in [1.54, 1.807) is 0 Å². The SMILES string of the molecule is CC(C)(C)[Si](C)(C)OCCOCCOCCOCCOCCOCCOCCOCCOCCOCCOCCNC(=O)COCC(=O)O. The van der Waals surface area contributed by atoms with Crippen LogP contribution in [-0.2, 0) is 66.1 Å². The van der Waals surface area contributed by atoms with Crippen LogP contribution >= 0.6 is 0 Å². The summed E-state index contributed by atoms with van der Waals surface area (Å²) in [6, 6.07) is 0. The Morgan fingerprint density at radius 3 is 1.04 bits per heavy atom. The van der Waals surface area contributed by atoms with E-state index in [-0.39, 0.29) is 11.6 Å². The first kappa shape index (κ1) is 47.7. The number of carbonyl (C=O) groups excluding carboxylic acids is 1. The van der Waals surface area contributed by atoms with E-state index in [0.717, 1.165) is 0 Å². The molecule has 16 nitrogen and oxygen atoms in total. The Bertz CT molecular complexity index is 759. The monoisotopic (exact) mass is 731 g/mol. The maximum atomic E-state index is 11.4. The molecule has 292 valence electrons. The van der Waals surface area contributed by atoms with Crippen LogP contribution in [0.15, 0.2) is 0 Å². The number of hydrogen-bond donors (Lipinski definition) is 2. The van der Waals surface area contributed by atoms with E-state index >= 15 is 0 Å². The molecule has 0 aromatic heterocycles. The van der Waals surface area contributed by atoms with Crippen molar-refractivity contribution in [2.75, 3.05) is 159 Å². The molecule has 0 bridgehead atoms. The second-order valence-electron chi connectivity index (χ2n) is 12.0. The summed E-state index contributed by atoms with van der Waals surface area (Å²) in [6.45, 7) is 20.8. The van der Waals surface area contributed by atoms with E-state index in [2.05, 4.69) is 43.9 Å². The number of ether oxygens (including phenoxy) is 11. The van der Waals surface area contributed by atoms with Gasteiger partial charge in [0.2, 0.25) is 5.91 Å². The first-order chi connectivity index (χ1) is 23.6. The smallest absolute Gasteiger partial charge is 0.329 e. The molecule has 0 saturated heterocycles. The van der Waals surface area contributed by atoms with Crippen molar-refractivity contribution >= 4 is 20.2 Å². The minimum absolute atomic E-state index is 0.209. The highest BCUT2D eigenvalue weighted by Gasteiger charge is 2.36. The van der Waals surface area contributed by atoms with E-state index in [4.69, 9.17) is 56.9 Å². The first-order valence-electron chi connectivity index (χ1n) is 17.0. The van der Waals surface area contributed by atoms with E-state index in [9.17, 15) is 9.59 Å². The fourth-order valence-corrected chi connectivity index (χ4v) is 4.22. The van der Waals surface area contributed by atoms with Gasteiger partial charge in [-0.2, -0.15) is 0 Å². The molecule has 0 spiro atoms. The number of carboxylic acids is 1. The number of amides is 1. The normalized spacial score (nSPS) is 12.1. The molecule has 2 N–H and O–H groups in total. The maximum absolute atomic E-state index is 11.4. The summed E-state index contributed by atoms with van der Waals surface area (Å²) in [4.78, 5) is 21.7. The van der Waals surface area contributed by atoms with Crippen molar-refractivity contribution in [1.82, 2.24) is 5.32 Å². The minimum Gasteiger partial charge on any atom is -0.480 e. The number of hydrogen-bond acceptors (Lipinski definition) is 14. The summed E-state index contributed by atoms with van der Waals surface area (Å²) in [5.41, 5.74) is 0. The molecule has 0 aromatic carbocycles. The Labute approximate surface area is 294 Å². The predicted molar refractivity (Wildman–Crippen MR) is 183 cm³/mol. The topological polar surface area (TPSA) is 177 Å². The van der Waals surface area contributed by atoms with Gasteiger partial charge in [0.1, 0.15) is 13.2 Å². The van der Waals surface area contributed by atoms with Gasteiger partial charge in [0.15, 0.2) is 8.32 Å². The molecule has 0 aliphatic heterocycles. The molecule has 0 rings (SSSR count). The molecule has 0 atom stereocenters. The van der Waals surface area contributed by atoms with E-state index in [1.807, 2.05) is 0 Å². The van der Waals surface area contributed by atoms with Gasteiger partial charge in [0.05, 0.1) is 139 Å².